The van der Waals surface area contributed by atoms with E-state index in [-0.39, 0.29) is 11.0 Å². The summed E-state index contributed by atoms with van der Waals surface area (Å²) in [4.78, 5) is 2.53. The Labute approximate surface area is 127 Å². The zero-order chi connectivity index (χ0) is 15.0. The van der Waals surface area contributed by atoms with Gasteiger partial charge in [-0.3, -0.25) is 0 Å². The summed E-state index contributed by atoms with van der Waals surface area (Å²) in [7, 11) is 2.27. The monoisotopic (exact) mass is 277 g/mol. The fourth-order valence-corrected chi connectivity index (χ4v) is 4.96. The first-order valence-electron chi connectivity index (χ1n) is 7.83. The van der Waals surface area contributed by atoms with Gasteiger partial charge >= 0.3 is 0 Å². The number of hydrogen-bond donors (Lipinski definition) is 0. The Bertz CT molecular complexity index is 760. The van der Waals surface area contributed by atoms with E-state index < -0.39 is 0 Å². The van der Waals surface area contributed by atoms with Gasteiger partial charge in [-0.05, 0) is 49.4 Å². The van der Waals surface area contributed by atoms with Crippen molar-refractivity contribution in [1.29, 1.82) is 0 Å². The zero-order valence-electron chi connectivity index (χ0n) is 13.6. The van der Waals surface area contributed by atoms with Gasteiger partial charge in [0.1, 0.15) is 0 Å². The van der Waals surface area contributed by atoms with E-state index in [0.717, 1.165) is 6.42 Å². The van der Waals surface area contributed by atoms with Gasteiger partial charge in [-0.15, -0.1) is 0 Å². The van der Waals surface area contributed by atoms with Crippen LogP contribution in [0.5, 0.6) is 0 Å². The van der Waals surface area contributed by atoms with E-state index in [0.29, 0.717) is 0 Å². The molecule has 1 heteroatoms. The van der Waals surface area contributed by atoms with Gasteiger partial charge in [-0.2, -0.15) is 0 Å². The van der Waals surface area contributed by atoms with Crippen LogP contribution >= 0.6 is 0 Å². The topological polar surface area (TPSA) is 3.24 Å². The summed E-state index contributed by atoms with van der Waals surface area (Å²) in [5.41, 5.74) is 8.99. The van der Waals surface area contributed by atoms with Crippen LogP contribution in [0.1, 0.15) is 41.7 Å². The molecule has 0 saturated heterocycles. The number of fused-ring (bicyclic) bond motifs is 5. The molecule has 2 aromatic rings. The minimum atomic E-state index is 0.0600. The molecular weight excluding hydrogens is 254 g/mol. The van der Waals surface area contributed by atoms with Gasteiger partial charge in [0.25, 0.3) is 0 Å². The lowest BCUT2D eigenvalue weighted by molar-refractivity contribution is 0.305. The second-order valence-electron chi connectivity index (χ2n) is 7.28. The predicted octanol–water partition coefficient (Wildman–Crippen LogP) is 4.48. The Morgan fingerprint density at radius 3 is 2.48 bits per heavy atom. The van der Waals surface area contributed by atoms with Gasteiger partial charge in [0.2, 0.25) is 0 Å². The van der Waals surface area contributed by atoms with E-state index >= 15 is 0 Å². The standard InChI is InChI=1S/C20H23N/c1-13-10-14(2)18-17(11-13)19(3)12-15-8-6-7-9-16(15)20(19,4)21(18)5/h6-11H,12H2,1-5H3/t19-,20-/m0/s1. The van der Waals surface area contributed by atoms with E-state index in [1.54, 1.807) is 0 Å². The van der Waals surface area contributed by atoms with Gasteiger partial charge in [0.05, 0.1) is 5.54 Å². The van der Waals surface area contributed by atoms with Crippen LogP contribution in [0.3, 0.4) is 0 Å². The maximum atomic E-state index is 2.53. The molecule has 0 aromatic heterocycles. The second kappa shape index (κ2) is 3.71. The molecule has 2 atom stereocenters. The van der Waals surface area contributed by atoms with E-state index in [4.69, 9.17) is 0 Å². The number of aryl methyl sites for hydroxylation is 2. The zero-order valence-corrected chi connectivity index (χ0v) is 13.6. The fraction of sp³-hybridized carbons (Fsp3) is 0.400. The highest BCUT2D eigenvalue weighted by Gasteiger charge is 2.60. The molecule has 0 spiro atoms. The molecule has 1 aliphatic carbocycles. The second-order valence-corrected chi connectivity index (χ2v) is 7.28. The first kappa shape index (κ1) is 12.9. The molecule has 0 radical (unpaired) electrons. The predicted molar refractivity (Wildman–Crippen MR) is 89.2 cm³/mol. The Balaban J connectivity index is 2.07. The lowest BCUT2D eigenvalue weighted by Crippen LogP contribution is -2.47. The van der Waals surface area contributed by atoms with Gasteiger partial charge in [-0.1, -0.05) is 48.9 Å². The summed E-state index contributed by atoms with van der Waals surface area (Å²) < 4.78 is 0. The molecule has 1 aliphatic heterocycles. The van der Waals surface area contributed by atoms with E-state index in [1.165, 1.54) is 33.5 Å². The smallest absolute Gasteiger partial charge is 0.0722 e. The molecule has 2 aromatic carbocycles. The SMILES string of the molecule is Cc1cc(C)c2c(c1)[C@]1(C)Cc3ccccc3[C@]1(C)N2C. The van der Waals surface area contributed by atoms with Crippen LogP contribution in [0, 0.1) is 13.8 Å². The fourth-order valence-electron chi connectivity index (χ4n) is 4.96. The quantitative estimate of drug-likeness (QED) is 0.686. The molecule has 108 valence electrons. The molecule has 0 amide bonds. The molecule has 21 heavy (non-hydrogen) atoms. The molecule has 2 aliphatic rings. The van der Waals surface area contributed by atoms with Crippen molar-refractivity contribution in [3.8, 4) is 0 Å². The number of nitrogens with zero attached hydrogens (tertiary/aromatic N) is 1. The van der Waals surface area contributed by atoms with Gasteiger partial charge in [0, 0.05) is 18.2 Å². The van der Waals surface area contributed by atoms with Gasteiger partial charge in [0.15, 0.2) is 0 Å². The minimum Gasteiger partial charge on any atom is -0.364 e. The molecule has 0 N–H and O–H groups in total. The third-order valence-electron chi connectivity index (χ3n) is 6.21. The largest absolute Gasteiger partial charge is 0.364 e. The van der Waals surface area contributed by atoms with Crippen LogP contribution in [0.25, 0.3) is 0 Å². The van der Waals surface area contributed by atoms with Crippen LogP contribution in [0.15, 0.2) is 36.4 Å². The van der Waals surface area contributed by atoms with Gasteiger partial charge < -0.3 is 4.90 Å². The van der Waals surface area contributed by atoms with Crippen molar-refractivity contribution >= 4 is 5.69 Å². The summed E-state index contributed by atoms with van der Waals surface area (Å²) in [6, 6.07) is 13.7. The van der Waals surface area contributed by atoms with E-state index in [1.807, 2.05) is 0 Å². The molecule has 0 fully saturated rings. The lowest BCUT2D eigenvalue weighted by atomic mass is 9.70. The normalized spacial score (nSPS) is 29.3. The average Bonchev–Trinajstić information content (AvgIpc) is 2.76. The summed E-state index contributed by atoms with van der Waals surface area (Å²) in [6.07, 6.45) is 1.14. The van der Waals surface area contributed by atoms with Crippen molar-refractivity contribution in [2.45, 2.75) is 45.1 Å². The first-order chi connectivity index (χ1) is 9.89. The van der Waals surface area contributed by atoms with Gasteiger partial charge in [-0.25, -0.2) is 0 Å². The van der Waals surface area contributed by atoms with Crippen molar-refractivity contribution in [2.75, 3.05) is 11.9 Å². The summed E-state index contributed by atoms with van der Waals surface area (Å²) in [5.74, 6) is 0. The molecule has 0 bridgehead atoms. The molecule has 0 saturated carbocycles. The number of rotatable bonds is 0. The van der Waals surface area contributed by atoms with Crippen molar-refractivity contribution in [2.24, 2.45) is 0 Å². The number of likely N-dealkylation sites (N-methyl/N-ethyl adjacent to an activating group) is 1. The molecule has 1 nitrogen and oxygen atoms in total. The van der Waals surface area contributed by atoms with Crippen LogP contribution < -0.4 is 4.90 Å². The first-order valence-corrected chi connectivity index (χ1v) is 7.83. The Kier molecular flexibility index (Phi) is 2.28. The summed E-state index contributed by atoms with van der Waals surface area (Å²) >= 11 is 0. The molecule has 4 rings (SSSR count). The molecule has 0 unspecified atom stereocenters. The highest BCUT2D eigenvalue weighted by molar-refractivity contribution is 5.74. The molecule has 1 heterocycles. The van der Waals surface area contributed by atoms with Crippen molar-refractivity contribution in [1.82, 2.24) is 0 Å². The van der Waals surface area contributed by atoms with E-state index in [2.05, 4.69) is 76.0 Å². The number of hydrogen-bond acceptors (Lipinski definition) is 1. The van der Waals surface area contributed by atoms with Crippen molar-refractivity contribution in [3.63, 3.8) is 0 Å². The van der Waals surface area contributed by atoms with Crippen LogP contribution in [-0.2, 0) is 17.4 Å². The third-order valence-corrected chi connectivity index (χ3v) is 6.21. The maximum absolute atomic E-state index is 2.53. The van der Waals surface area contributed by atoms with E-state index in [9.17, 15) is 0 Å². The Hall–Kier alpha value is -1.76. The Morgan fingerprint density at radius 1 is 1.00 bits per heavy atom. The average molecular weight is 277 g/mol. The lowest BCUT2D eigenvalue weighted by Gasteiger charge is -2.41. The molecular formula is C20H23N. The highest BCUT2D eigenvalue weighted by Crippen LogP contribution is 2.62. The van der Waals surface area contributed by atoms with Crippen molar-refractivity contribution < 1.29 is 0 Å². The third kappa shape index (κ3) is 1.28. The minimum absolute atomic E-state index is 0.0600. The summed E-state index contributed by atoms with van der Waals surface area (Å²) in [6.45, 7) is 9.35. The Morgan fingerprint density at radius 2 is 1.71 bits per heavy atom. The highest BCUT2D eigenvalue weighted by atomic mass is 15.2. The van der Waals surface area contributed by atoms with Crippen LogP contribution in [0.2, 0.25) is 0 Å². The maximum Gasteiger partial charge on any atom is 0.0722 e. The van der Waals surface area contributed by atoms with Crippen molar-refractivity contribution in [3.05, 3.63) is 64.2 Å². The number of benzene rings is 2. The van der Waals surface area contributed by atoms with Crippen LogP contribution in [0.4, 0.5) is 5.69 Å². The number of anilines is 1. The summed E-state index contributed by atoms with van der Waals surface area (Å²) in [5, 5.41) is 0. The van der Waals surface area contributed by atoms with Crippen LogP contribution in [-0.4, -0.2) is 7.05 Å².